The molecule has 2 aromatic carbocycles. The molecule has 2 aromatic rings. The first kappa shape index (κ1) is 19.5. The summed E-state index contributed by atoms with van der Waals surface area (Å²) < 4.78 is 10.7. The summed E-state index contributed by atoms with van der Waals surface area (Å²) in [6.07, 6.45) is 1.27. The van der Waals surface area contributed by atoms with Crippen LogP contribution in [0.1, 0.15) is 42.2 Å². The van der Waals surface area contributed by atoms with Crippen molar-refractivity contribution in [1.29, 1.82) is 0 Å². The van der Waals surface area contributed by atoms with Gasteiger partial charge in [0.1, 0.15) is 0 Å². The molecule has 1 N–H and O–H groups in total. The standard InChI is InChI=1S/C23H22ClNO4/c1-28-20-8-5-14(11-21(20)29-2)15-9-18-23(19(26)10-15)17(12-22(27)25-18)13-3-6-16(24)7-4-13/h3-8,11,15,17H,9-10,12H2,1-2H3,(H,25,27)/t15-,17-/m1/s1. The average molecular weight is 412 g/mol. The number of ketones is 1. The number of benzene rings is 2. The molecule has 1 heterocycles. The van der Waals surface area contributed by atoms with Gasteiger partial charge in [0.2, 0.25) is 5.91 Å². The minimum Gasteiger partial charge on any atom is -0.493 e. The fourth-order valence-corrected chi connectivity index (χ4v) is 4.41. The summed E-state index contributed by atoms with van der Waals surface area (Å²) in [6.45, 7) is 0. The van der Waals surface area contributed by atoms with Crippen LogP contribution in [-0.2, 0) is 9.59 Å². The van der Waals surface area contributed by atoms with Crippen LogP contribution in [0.4, 0.5) is 0 Å². The molecule has 6 heteroatoms. The minimum atomic E-state index is -0.227. The number of nitrogens with one attached hydrogen (secondary N) is 1. The lowest BCUT2D eigenvalue weighted by molar-refractivity contribution is -0.122. The quantitative estimate of drug-likeness (QED) is 0.811. The molecule has 0 unspecified atom stereocenters. The van der Waals surface area contributed by atoms with E-state index in [1.165, 1.54) is 0 Å². The number of rotatable bonds is 4. The van der Waals surface area contributed by atoms with Gasteiger partial charge in [-0.3, -0.25) is 9.59 Å². The van der Waals surface area contributed by atoms with Gasteiger partial charge in [-0.1, -0.05) is 29.8 Å². The van der Waals surface area contributed by atoms with Crippen LogP contribution in [0.3, 0.4) is 0 Å². The number of hydrogen-bond donors (Lipinski definition) is 1. The number of amides is 1. The minimum absolute atomic E-state index is 0.0228. The molecular formula is C23H22ClNO4. The number of carbonyl (C=O) groups excluding carboxylic acids is 2. The summed E-state index contributed by atoms with van der Waals surface area (Å²) in [5.41, 5.74) is 3.39. The van der Waals surface area contributed by atoms with E-state index in [4.69, 9.17) is 21.1 Å². The SMILES string of the molecule is COc1ccc([C@H]2CC(=O)C3=C(C2)NC(=O)C[C@@H]3c2ccc(Cl)cc2)cc1OC. The van der Waals surface area contributed by atoms with Crippen LogP contribution in [0.2, 0.25) is 5.02 Å². The molecule has 0 fully saturated rings. The fraction of sp³-hybridized carbons (Fsp3) is 0.304. The molecule has 1 amide bonds. The first-order chi connectivity index (χ1) is 14.0. The Labute approximate surface area is 174 Å². The second kappa shape index (κ2) is 7.91. The molecule has 0 spiro atoms. The highest BCUT2D eigenvalue weighted by Gasteiger charge is 2.38. The van der Waals surface area contributed by atoms with Crippen LogP contribution in [0, 0.1) is 0 Å². The highest BCUT2D eigenvalue weighted by molar-refractivity contribution is 6.30. The van der Waals surface area contributed by atoms with Gasteiger partial charge in [0, 0.05) is 35.1 Å². The molecule has 0 saturated carbocycles. The molecule has 150 valence electrons. The monoisotopic (exact) mass is 411 g/mol. The Morgan fingerprint density at radius 1 is 0.897 bits per heavy atom. The lowest BCUT2D eigenvalue weighted by Gasteiger charge is -2.34. The van der Waals surface area contributed by atoms with Crippen LogP contribution >= 0.6 is 11.6 Å². The maximum Gasteiger partial charge on any atom is 0.225 e. The number of ether oxygens (including phenoxy) is 2. The van der Waals surface area contributed by atoms with E-state index in [9.17, 15) is 9.59 Å². The average Bonchev–Trinajstić information content (AvgIpc) is 2.72. The van der Waals surface area contributed by atoms with Gasteiger partial charge in [-0.05, 0) is 47.7 Å². The van der Waals surface area contributed by atoms with Crippen molar-refractivity contribution in [3.63, 3.8) is 0 Å². The van der Waals surface area contributed by atoms with Gasteiger partial charge in [-0.15, -0.1) is 0 Å². The van der Waals surface area contributed by atoms with Crippen molar-refractivity contribution in [2.75, 3.05) is 14.2 Å². The number of carbonyl (C=O) groups is 2. The second-order valence-electron chi connectivity index (χ2n) is 7.39. The van der Waals surface area contributed by atoms with Crippen molar-refractivity contribution in [2.45, 2.75) is 31.1 Å². The normalized spacial score (nSPS) is 21.5. The van der Waals surface area contributed by atoms with E-state index < -0.39 is 0 Å². The molecule has 2 atom stereocenters. The smallest absolute Gasteiger partial charge is 0.225 e. The van der Waals surface area contributed by atoms with Gasteiger partial charge < -0.3 is 14.8 Å². The fourth-order valence-electron chi connectivity index (χ4n) is 4.28. The molecule has 29 heavy (non-hydrogen) atoms. The number of Topliss-reactive ketones (excluding diaryl/α,β-unsaturated/α-hetero) is 1. The molecule has 0 radical (unpaired) electrons. The Bertz CT molecular complexity index is 996. The van der Waals surface area contributed by atoms with Crippen LogP contribution < -0.4 is 14.8 Å². The lowest BCUT2D eigenvalue weighted by atomic mass is 9.73. The highest BCUT2D eigenvalue weighted by atomic mass is 35.5. The molecule has 4 rings (SSSR count). The van der Waals surface area contributed by atoms with Gasteiger partial charge in [0.15, 0.2) is 17.3 Å². The largest absolute Gasteiger partial charge is 0.493 e. The third-order valence-corrected chi connectivity index (χ3v) is 5.94. The summed E-state index contributed by atoms with van der Waals surface area (Å²) in [5.74, 6) is 1.03. The zero-order valence-electron chi connectivity index (χ0n) is 16.3. The number of hydrogen-bond acceptors (Lipinski definition) is 4. The van der Waals surface area contributed by atoms with Gasteiger partial charge in [-0.2, -0.15) is 0 Å². The van der Waals surface area contributed by atoms with E-state index in [1.807, 2.05) is 30.3 Å². The van der Waals surface area contributed by atoms with Crippen LogP contribution in [0.15, 0.2) is 53.7 Å². The van der Waals surface area contributed by atoms with Gasteiger partial charge in [-0.25, -0.2) is 0 Å². The maximum atomic E-state index is 13.2. The van der Waals surface area contributed by atoms with E-state index in [1.54, 1.807) is 26.4 Å². The predicted molar refractivity (Wildman–Crippen MR) is 111 cm³/mol. The van der Waals surface area contributed by atoms with E-state index >= 15 is 0 Å². The van der Waals surface area contributed by atoms with Crippen molar-refractivity contribution >= 4 is 23.3 Å². The van der Waals surface area contributed by atoms with E-state index in [0.717, 1.165) is 22.4 Å². The molecule has 5 nitrogen and oxygen atoms in total. The topological polar surface area (TPSA) is 64.6 Å². The zero-order chi connectivity index (χ0) is 20.5. The Hall–Kier alpha value is -2.79. The van der Waals surface area contributed by atoms with Crippen molar-refractivity contribution in [3.05, 3.63) is 69.9 Å². The zero-order valence-corrected chi connectivity index (χ0v) is 17.1. The van der Waals surface area contributed by atoms with Crippen LogP contribution in [0.5, 0.6) is 11.5 Å². The molecule has 0 bridgehead atoms. The second-order valence-corrected chi connectivity index (χ2v) is 7.83. The van der Waals surface area contributed by atoms with Crippen LogP contribution in [0.25, 0.3) is 0 Å². The van der Waals surface area contributed by atoms with Gasteiger partial charge >= 0.3 is 0 Å². The predicted octanol–water partition coefficient (Wildman–Crippen LogP) is 4.36. The molecular weight excluding hydrogens is 390 g/mol. The Morgan fingerprint density at radius 2 is 1.59 bits per heavy atom. The maximum absolute atomic E-state index is 13.2. The number of methoxy groups -OCH3 is 2. The molecule has 0 aromatic heterocycles. The Balaban J connectivity index is 1.68. The molecule has 1 aliphatic heterocycles. The first-order valence-electron chi connectivity index (χ1n) is 9.53. The van der Waals surface area contributed by atoms with Crippen molar-refractivity contribution in [2.24, 2.45) is 0 Å². The number of allylic oxidation sites excluding steroid dienone is 2. The van der Waals surface area contributed by atoms with Crippen molar-refractivity contribution in [3.8, 4) is 11.5 Å². The summed E-state index contributed by atoms with van der Waals surface area (Å²) in [6, 6.07) is 13.1. The van der Waals surface area contributed by atoms with E-state index in [2.05, 4.69) is 5.32 Å². The van der Waals surface area contributed by atoms with Crippen molar-refractivity contribution < 1.29 is 19.1 Å². The van der Waals surface area contributed by atoms with Crippen LogP contribution in [-0.4, -0.2) is 25.9 Å². The third-order valence-electron chi connectivity index (χ3n) is 5.69. The van der Waals surface area contributed by atoms with E-state index in [0.29, 0.717) is 29.4 Å². The highest BCUT2D eigenvalue weighted by Crippen LogP contribution is 2.43. The molecule has 0 saturated heterocycles. The summed E-state index contributed by atoms with van der Waals surface area (Å²) in [4.78, 5) is 25.5. The molecule has 2 aliphatic rings. The lowest BCUT2D eigenvalue weighted by Crippen LogP contribution is -2.38. The van der Waals surface area contributed by atoms with Gasteiger partial charge in [0.25, 0.3) is 0 Å². The summed E-state index contributed by atoms with van der Waals surface area (Å²) in [5, 5.41) is 3.58. The Kier molecular flexibility index (Phi) is 5.33. The third kappa shape index (κ3) is 3.75. The summed E-state index contributed by atoms with van der Waals surface area (Å²) >= 11 is 6.00. The van der Waals surface area contributed by atoms with Crippen molar-refractivity contribution in [1.82, 2.24) is 5.32 Å². The Morgan fingerprint density at radius 3 is 2.28 bits per heavy atom. The molecule has 1 aliphatic carbocycles. The van der Waals surface area contributed by atoms with E-state index in [-0.39, 0.29) is 29.9 Å². The first-order valence-corrected chi connectivity index (χ1v) is 9.91. The summed E-state index contributed by atoms with van der Waals surface area (Å²) in [7, 11) is 3.18. The number of halogens is 1. The van der Waals surface area contributed by atoms with Gasteiger partial charge in [0.05, 0.1) is 14.2 Å².